The monoisotopic (exact) mass is 629 g/mol. The summed E-state index contributed by atoms with van der Waals surface area (Å²) in [6.45, 7) is 4.10. The summed E-state index contributed by atoms with van der Waals surface area (Å²) in [6, 6.07) is 22.5. The van der Waals surface area contributed by atoms with E-state index in [1.807, 2.05) is 68.4 Å². The lowest BCUT2D eigenvalue weighted by atomic mass is 10.0. The summed E-state index contributed by atoms with van der Waals surface area (Å²) in [5.41, 5.74) is 2.02. The quantitative estimate of drug-likeness (QED) is 0.297. The highest BCUT2D eigenvalue weighted by atomic mass is 79.9. The van der Waals surface area contributed by atoms with Crippen LogP contribution in [0.5, 0.6) is 5.75 Å². The van der Waals surface area contributed by atoms with E-state index in [1.165, 1.54) is 12.0 Å². The zero-order valence-electron chi connectivity index (χ0n) is 23.2. The van der Waals surface area contributed by atoms with E-state index in [2.05, 4.69) is 21.2 Å². The molecule has 8 nitrogen and oxygen atoms in total. The Hall–Kier alpha value is -3.37. The summed E-state index contributed by atoms with van der Waals surface area (Å²) in [6.07, 6.45) is 1.33. The molecule has 0 spiro atoms. The average molecular weight is 631 g/mol. The van der Waals surface area contributed by atoms with E-state index < -0.39 is 28.5 Å². The number of benzene rings is 3. The zero-order chi connectivity index (χ0) is 29.3. The van der Waals surface area contributed by atoms with Crippen LogP contribution in [-0.4, -0.2) is 57.6 Å². The smallest absolute Gasteiger partial charge is 0.244 e. The van der Waals surface area contributed by atoms with Gasteiger partial charge < -0.3 is 15.0 Å². The van der Waals surface area contributed by atoms with E-state index in [4.69, 9.17) is 4.74 Å². The molecule has 3 rings (SSSR count). The minimum atomic E-state index is -3.83. The second kappa shape index (κ2) is 14.3. The first-order chi connectivity index (χ1) is 19.0. The Balaban J connectivity index is 2.03. The van der Waals surface area contributed by atoms with Gasteiger partial charge in [-0.25, -0.2) is 8.42 Å². The highest BCUT2D eigenvalue weighted by molar-refractivity contribution is 9.10. The minimum absolute atomic E-state index is 0.124. The van der Waals surface area contributed by atoms with Crippen LogP contribution in [0, 0.1) is 5.92 Å². The number of amides is 2. The fourth-order valence-corrected chi connectivity index (χ4v) is 5.24. The number of nitrogens with one attached hydrogen (secondary N) is 1. The zero-order valence-corrected chi connectivity index (χ0v) is 25.6. The molecule has 1 atom stereocenters. The van der Waals surface area contributed by atoms with Crippen molar-refractivity contribution >= 4 is 43.5 Å². The molecule has 0 aliphatic heterocycles. The minimum Gasteiger partial charge on any atom is -0.497 e. The van der Waals surface area contributed by atoms with Gasteiger partial charge in [0.05, 0.1) is 19.1 Å². The van der Waals surface area contributed by atoms with Gasteiger partial charge in [-0.2, -0.15) is 0 Å². The molecule has 10 heteroatoms. The highest BCUT2D eigenvalue weighted by Crippen LogP contribution is 2.23. The van der Waals surface area contributed by atoms with Crippen molar-refractivity contribution in [3.8, 4) is 5.75 Å². The fraction of sp³-hybridized carbons (Fsp3) is 0.333. The maximum Gasteiger partial charge on any atom is 0.244 e. The first kappa shape index (κ1) is 31.2. The molecule has 0 aromatic heterocycles. The molecular formula is C30H36BrN3O5S. The van der Waals surface area contributed by atoms with E-state index >= 15 is 0 Å². The Morgan fingerprint density at radius 2 is 1.55 bits per heavy atom. The van der Waals surface area contributed by atoms with Gasteiger partial charge in [-0.05, 0) is 53.4 Å². The summed E-state index contributed by atoms with van der Waals surface area (Å²) < 4.78 is 32.8. The number of rotatable bonds is 13. The third-order valence-electron chi connectivity index (χ3n) is 6.26. The number of sulfonamides is 1. The van der Waals surface area contributed by atoms with Gasteiger partial charge in [0.15, 0.2) is 0 Å². The number of hydrogen-bond donors (Lipinski definition) is 1. The molecule has 40 heavy (non-hydrogen) atoms. The van der Waals surface area contributed by atoms with Crippen molar-refractivity contribution in [1.82, 2.24) is 10.2 Å². The van der Waals surface area contributed by atoms with Gasteiger partial charge in [0.1, 0.15) is 18.3 Å². The molecule has 0 bridgehead atoms. The molecule has 0 unspecified atom stereocenters. The van der Waals surface area contributed by atoms with Gasteiger partial charge in [-0.15, -0.1) is 0 Å². The molecule has 3 aromatic carbocycles. The molecule has 0 saturated heterocycles. The number of hydrogen-bond acceptors (Lipinski definition) is 5. The van der Waals surface area contributed by atoms with E-state index in [0.29, 0.717) is 18.0 Å². The number of nitrogens with zero attached hydrogens (tertiary/aromatic N) is 2. The Morgan fingerprint density at radius 1 is 0.925 bits per heavy atom. The molecule has 0 aliphatic rings. The van der Waals surface area contributed by atoms with E-state index in [9.17, 15) is 18.0 Å². The summed E-state index contributed by atoms with van der Waals surface area (Å²) >= 11 is 3.43. The van der Waals surface area contributed by atoms with Crippen molar-refractivity contribution < 1.29 is 22.7 Å². The molecule has 214 valence electrons. The average Bonchev–Trinajstić information content (AvgIpc) is 2.93. The van der Waals surface area contributed by atoms with Crippen LogP contribution in [0.4, 0.5) is 5.69 Å². The van der Waals surface area contributed by atoms with Crippen LogP contribution in [0.3, 0.4) is 0 Å². The molecule has 0 radical (unpaired) electrons. The molecule has 3 aromatic rings. The molecule has 0 aliphatic carbocycles. The molecular weight excluding hydrogens is 594 g/mol. The van der Waals surface area contributed by atoms with Crippen molar-refractivity contribution in [1.29, 1.82) is 0 Å². The van der Waals surface area contributed by atoms with Gasteiger partial charge in [0.2, 0.25) is 21.8 Å². The van der Waals surface area contributed by atoms with Crippen LogP contribution in [0.2, 0.25) is 0 Å². The summed E-state index contributed by atoms with van der Waals surface area (Å²) in [5, 5.41) is 2.97. The Morgan fingerprint density at radius 3 is 2.10 bits per heavy atom. The molecule has 0 fully saturated rings. The fourth-order valence-electron chi connectivity index (χ4n) is 4.13. The molecule has 2 amide bonds. The summed E-state index contributed by atoms with van der Waals surface area (Å²) in [4.78, 5) is 29.1. The van der Waals surface area contributed by atoms with Crippen molar-refractivity contribution in [3.63, 3.8) is 0 Å². The third kappa shape index (κ3) is 9.09. The van der Waals surface area contributed by atoms with Crippen LogP contribution in [0.1, 0.15) is 25.0 Å². The number of carbonyl (C=O) groups is 2. The largest absolute Gasteiger partial charge is 0.497 e. The van der Waals surface area contributed by atoms with Crippen LogP contribution in [0.15, 0.2) is 83.3 Å². The second-order valence-corrected chi connectivity index (χ2v) is 12.8. The topological polar surface area (TPSA) is 96.0 Å². The molecule has 1 N–H and O–H groups in total. The summed E-state index contributed by atoms with van der Waals surface area (Å²) in [7, 11) is -2.31. The maximum absolute atomic E-state index is 14.0. The predicted octanol–water partition coefficient (Wildman–Crippen LogP) is 4.64. The lowest BCUT2D eigenvalue weighted by Gasteiger charge is -2.33. The molecule has 0 heterocycles. The number of halogens is 1. The normalized spacial score (nSPS) is 12.1. The van der Waals surface area contributed by atoms with Crippen molar-refractivity contribution in [3.05, 3.63) is 94.5 Å². The summed E-state index contributed by atoms with van der Waals surface area (Å²) in [5.74, 6) is -0.0129. The van der Waals surface area contributed by atoms with E-state index in [0.717, 1.165) is 26.2 Å². The predicted molar refractivity (Wildman–Crippen MR) is 162 cm³/mol. The maximum atomic E-state index is 14.0. The van der Waals surface area contributed by atoms with E-state index in [1.54, 1.807) is 24.3 Å². The van der Waals surface area contributed by atoms with E-state index in [-0.39, 0.29) is 24.8 Å². The van der Waals surface area contributed by atoms with Gasteiger partial charge in [0, 0.05) is 24.0 Å². The Kier molecular flexibility index (Phi) is 11.2. The highest BCUT2D eigenvalue weighted by Gasteiger charge is 2.33. The van der Waals surface area contributed by atoms with Crippen LogP contribution in [0.25, 0.3) is 0 Å². The number of carbonyl (C=O) groups excluding carboxylic acids is 2. The van der Waals surface area contributed by atoms with Gasteiger partial charge in [-0.3, -0.25) is 13.9 Å². The van der Waals surface area contributed by atoms with Crippen molar-refractivity contribution in [2.24, 2.45) is 5.92 Å². The second-order valence-electron chi connectivity index (χ2n) is 9.96. The van der Waals surface area contributed by atoms with Crippen LogP contribution in [-0.2, 0) is 32.6 Å². The SMILES string of the molecule is COc1ccc(N(CC(=O)N(Cc2ccc(Br)cc2)[C@H](Cc2ccccc2)C(=O)NCC(C)C)S(C)(=O)=O)cc1. The van der Waals surface area contributed by atoms with Gasteiger partial charge in [-0.1, -0.05) is 72.2 Å². The number of ether oxygens (including phenoxy) is 1. The van der Waals surface area contributed by atoms with Gasteiger partial charge >= 0.3 is 0 Å². The Labute approximate surface area is 245 Å². The van der Waals surface area contributed by atoms with Crippen LogP contribution >= 0.6 is 15.9 Å². The van der Waals surface area contributed by atoms with Gasteiger partial charge in [0.25, 0.3) is 0 Å². The number of methoxy groups -OCH3 is 1. The lowest BCUT2D eigenvalue weighted by molar-refractivity contribution is -0.140. The first-order valence-electron chi connectivity index (χ1n) is 12.9. The number of anilines is 1. The van der Waals surface area contributed by atoms with Crippen molar-refractivity contribution in [2.75, 3.05) is 30.8 Å². The third-order valence-corrected chi connectivity index (χ3v) is 7.93. The van der Waals surface area contributed by atoms with Crippen molar-refractivity contribution in [2.45, 2.75) is 32.9 Å². The molecule has 0 saturated carbocycles. The lowest BCUT2D eigenvalue weighted by Crippen LogP contribution is -2.53. The first-order valence-corrected chi connectivity index (χ1v) is 15.6. The Bertz CT molecular complexity index is 1360. The standard InChI is InChI=1S/C30H36BrN3O5S/c1-22(2)19-32-30(36)28(18-23-8-6-5-7-9-23)33(20-24-10-12-25(31)13-11-24)29(35)21-34(40(4,37)38)26-14-16-27(39-3)17-15-26/h5-17,22,28H,18-21H2,1-4H3,(H,32,36)/t28-/m1/s1. The van der Waals surface area contributed by atoms with Crippen LogP contribution < -0.4 is 14.4 Å².